The molecule has 108 valence electrons. The van der Waals surface area contributed by atoms with Crippen LogP contribution in [0.25, 0.3) is 0 Å². The van der Waals surface area contributed by atoms with E-state index in [-0.39, 0.29) is 6.04 Å². The van der Waals surface area contributed by atoms with Gasteiger partial charge >= 0.3 is 0 Å². The van der Waals surface area contributed by atoms with Gasteiger partial charge < -0.3 is 11.1 Å². The van der Waals surface area contributed by atoms with Crippen LogP contribution >= 0.6 is 0 Å². The predicted octanol–water partition coefficient (Wildman–Crippen LogP) is 3.30. The second-order valence-corrected chi connectivity index (χ2v) is 6.10. The van der Waals surface area contributed by atoms with Gasteiger partial charge in [0, 0.05) is 6.04 Å². The molecule has 1 aromatic rings. The topological polar surface area (TPSA) is 50.4 Å². The minimum absolute atomic E-state index is 0.246. The highest BCUT2D eigenvalue weighted by molar-refractivity contribution is 5.78. The standard InChI is InChI=1S/C17H25N3/c18-17(19-14-9-2-1-3-10-14)20-16-12-6-8-13-7-4-5-11-15(13)16/h4-5,7,11,14,16H,1-3,6,8-10,12H2,(H3,18,19,20). The lowest BCUT2D eigenvalue weighted by Gasteiger charge is -2.26. The number of fused-ring (bicyclic) bond motifs is 1. The number of nitrogens with one attached hydrogen (secondary N) is 1. The fourth-order valence-corrected chi connectivity index (χ4v) is 3.52. The summed E-state index contributed by atoms with van der Waals surface area (Å²) >= 11 is 0. The molecule has 0 aromatic heterocycles. The fourth-order valence-electron chi connectivity index (χ4n) is 3.52. The van der Waals surface area contributed by atoms with Gasteiger partial charge in [-0.2, -0.15) is 0 Å². The lowest BCUT2D eigenvalue weighted by Crippen LogP contribution is -2.41. The summed E-state index contributed by atoms with van der Waals surface area (Å²) in [5.74, 6) is 0.638. The van der Waals surface area contributed by atoms with E-state index in [4.69, 9.17) is 10.7 Å². The molecule has 1 unspecified atom stereocenters. The molecule has 20 heavy (non-hydrogen) atoms. The van der Waals surface area contributed by atoms with E-state index in [0.29, 0.717) is 12.0 Å². The predicted molar refractivity (Wildman–Crippen MR) is 83.8 cm³/mol. The van der Waals surface area contributed by atoms with Gasteiger partial charge in [-0.15, -0.1) is 0 Å². The van der Waals surface area contributed by atoms with Gasteiger partial charge in [0.15, 0.2) is 5.96 Å². The number of aryl methyl sites for hydroxylation is 1. The highest BCUT2D eigenvalue weighted by Crippen LogP contribution is 2.32. The number of hydrogen-bond donors (Lipinski definition) is 2. The SMILES string of the molecule is NC(=NC1CCCc2ccccc21)NC1CCCCC1. The first-order valence-corrected chi connectivity index (χ1v) is 8.00. The van der Waals surface area contributed by atoms with Gasteiger partial charge in [-0.1, -0.05) is 43.5 Å². The molecule has 2 aliphatic carbocycles. The van der Waals surface area contributed by atoms with Crippen LogP contribution in [0.2, 0.25) is 0 Å². The van der Waals surface area contributed by atoms with Crippen LogP contribution in [0.3, 0.4) is 0 Å². The summed E-state index contributed by atoms with van der Waals surface area (Å²) < 4.78 is 0. The number of benzene rings is 1. The van der Waals surface area contributed by atoms with Crippen molar-refractivity contribution in [3.8, 4) is 0 Å². The van der Waals surface area contributed by atoms with E-state index in [2.05, 4.69) is 29.6 Å². The fraction of sp³-hybridized carbons (Fsp3) is 0.588. The third kappa shape index (κ3) is 3.14. The quantitative estimate of drug-likeness (QED) is 0.640. The lowest BCUT2D eigenvalue weighted by atomic mass is 9.88. The Kier molecular flexibility index (Phi) is 4.24. The van der Waals surface area contributed by atoms with Crippen LogP contribution in [0.4, 0.5) is 0 Å². The maximum Gasteiger partial charge on any atom is 0.189 e. The van der Waals surface area contributed by atoms with Gasteiger partial charge in [0.25, 0.3) is 0 Å². The van der Waals surface area contributed by atoms with Crippen LogP contribution < -0.4 is 11.1 Å². The second kappa shape index (κ2) is 6.29. The number of rotatable bonds is 2. The van der Waals surface area contributed by atoms with E-state index in [9.17, 15) is 0 Å². The molecule has 0 heterocycles. The van der Waals surface area contributed by atoms with Gasteiger partial charge in [0.2, 0.25) is 0 Å². The van der Waals surface area contributed by atoms with Crippen molar-refractivity contribution in [2.24, 2.45) is 10.7 Å². The van der Waals surface area contributed by atoms with E-state index >= 15 is 0 Å². The molecule has 1 fully saturated rings. The van der Waals surface area contributed by atoms with Crippen molar-refractivity contribution in [2.75, 3.05) is 0 Å². The minimum atomic E-state index is 0.246. The van der Waals surface area contributed by atoms with Crippen molar-refractivity contribution in [1.29, 1.82) is 0 Å². The Morgan fingerprint density at radius 2 is 1.85 bits per heavy atom. The molecule has 3 N–H and O–H groups in total. The lowest BCUT2D eigenvalue weighted by molar-refractivity contribution is 0.411. The van der Waals surface area contributed by atoms with Crippen LogP contribution in [0.5, 0.6) is 0 Å². The highest BCUT2D eigenvalue weighted by atomic mass is 15.1. The molecule has 0 aliphatic heterocycles. The first-order chi connectivity index (χ1) is 9.83. The minimum Gasteiger partial charge on any atom is -0.370 e. The molecule has 0 spiro atoms. The molecule has 3 heteroatoms. The van der Waals surface area contributed by atoms with Gasteiger partial charge in [-0.3, -0.25) is 0 Å². The zero-order valence-electron chi connectivity index (χ0n) is 12.1. The number of nitrogens with zero attached hydrogens (tertiary/aromatic N) is 1. The third-order valence-corrected chi connectivity index (χ3v) is 4.59. The normalized spacial score (nSPS) is 24.2. The molecule has 0 bridgehead atoms. The molecule has 1 atom stereocenters. The smallest absolute Gasteiger partial charge is 0.189 e. The molecule has 0 amide bonds. The largest absolute Gasteiger partial charge is 0.370 e. The average Bonchev–Trinajstić information content (AvgIpc) is 2.48. The van der Waals surface area contributed by atoms with Crippen LogP contribution in [-0.2, 0) is 6.42 Å². The van der Waals surface area contributed by atoms with Crippen molar-refractivity contribution in [2.45, 2.75) is 63.5 Å². The van der Waals surface area contributed by atoms with Crippen LogP contribution in [0.15, 0.2) is 29.3 Å². The Bertz CT molecular complexity index is 475. The molecule has 3 rings (SSSR count). The zero-order chi connectivity index (χ0) is 13.8. The monoisotopic (exact) mass is 271 g/mol. The van der Waals surface area contributed by atoms with Crippen molar-refractivity contribution >= 4 is 5.96 Å². The number of guanidine groups is 1. The average molecular weight is 271 g/mol. The maximum atomic E-state index is 6.13. The van der Waals surface area contributed by atoms with Crippen molar-refractivity contribution in [1.82, 2.24) is 5.32 Å². The summed E-state index contributed by atoms with van der Waals surface area (Å²) in [5, 5.41) is 3.42. The summed E-state index contributed by atoms with van der Waals surface area (Å²) in [6, 6.07) is 9.44. The maximum absolute atomic E-state index is 6.13. The van der Waals surface area contributed by atoms with E-state index in [1.165, 1.54) is 56.1 Å². The Balaban J connectivity index is 1.68. The summed E-state index contributed by atoms with van der Waals surface area (Å²) in [5.41, 5.74) is 8.94. The highest BCUT2D eigenvalue weighted by Gasteiger charge is 2.20. The number of nitrogens with two attached hydrogens (primary N) is 1. The Labute approximate surface area is 121 Å². The number of aliphatic imine (C=N–C) groups is 1. The Morgan fingerprint density at radius 1 is 1.05 bits per heavy atom. The zero-order valence-corrected chi connectivity index (χ0v) is 12.1. The van der Waals surface area contributed by atoms with Gasteiger partial charge in [-0.05, 0) is 43.2 Å². The summed E-state index contributed by atoms with van der Waals surface area (Å²) in [4.78, 5) is 4.75. The molecule has 2 aliphatic rings. The van der Waals surface area contributed by atoms with Crippen molar-refractivity contribution in [3.05, 3.63) is 35.4 Å². The van der Waals surface area contributed by atoms with Gasteiger partial charge in [0.05, 0.1) is 6.04 Å². The summed E-state index contributed by atoms with van der Waals surface area (Å²) in [6.45, 7) is 0. The summed E-state index contributed by atoms with van der Waals surface area (Å²) in [7, 11) is 0. The summed E-state index contributed by atoms with van der Waals surface area (Å²) in [6.07, 6.45) is 9.97. The van der Waals surface area contributed by atoms with Crippen LogP contribution in [0, 0.1) is 0 Å². The second-order valence-electron chi connectivity index (χ2n) is 6.10. The van der Waals surface area contributed by atoms with Crippen LogP contribution in [-0.4, -0.2) is 12.0 Å². The van der Waals surface area contributed by atoms with Crippen molar-refractivity contribution in [3.63, 3.8) is 0 Å². The van der Waals surface area contributed by atoms with Crippen molar-refractivity contribution < 1.29 is 0 Å². The van der Waals surface area contributed by atoms with Gasteiger partial charge in [-0.25, -0.2) is 4.99 Å². The molecular formula is C17H25N3. The van der Waals surface area contributed by atoms with E-state index in [0.717, 1.165) is 6.42 Å². The number of hydrogen-bond acceptors (Lipinski definition) is 1. The van der Waals surface area contributed by atoms with E-state index in [1.807, 2.05) is 0 Å². The van der Waals surface area contributed by atoms with Gasteiger partial charge in [0.1, 0.15) is 0 Å². The first kappa shape index (κ1) is 13.5. The Hall–Kier alpha value is -1.51. The molecule has 1 saturated carbocycles. The van der Waals surface area contributed by atoms with E-state index < -0.39 is 0 Å². The Morgan fingerprint density at radius 3 is 2.70 bits per heavy atom. The molecule has 3 nitrogen and oxygen atoms in total. The third-order valence-electron chi connectivity index (χ3n) is 4.59. The first-order valence-electron chi connectivity index (χ1n) is 8.00. The van der Waals surface area contributed by atoms with E-state index in [1.54, 1.807) is 0 Å². The molecule has 1 aromatic carbocycles. The molecule has 0 radical (unpaired) electrons. The molecule has 0 saturated heterocycles. The van der Waals surface area contributed by atoms with Crippen LogP contribution in [0.1, 0.15) is 62.1 Å². The molecular weight excluding hydrogens is 246 g/mol.